The first-order valence-electron chi connectivity index (χ1n) is 16.8. The van der Waals surface area contributed by atoms with Crippen molar-refractivity contribution in [3.05, 3.63) is 101 Å². The van der Waals surface area contributed by atoms with Gasteiger partial charge in [-0.1, -0.05) is 38.1 Å². The molecule has 0 amide bonds. The first kappa shape index (κ1) is 36.6. The zero-order valence-corrected chi connectivity index (χ0v) is 29.3. The first-order valence-corrected chi connectivity index (χ1v) is 17.9. The summed E-state index contributed by atoms with van der Waals surface area (Å²) >= 11 is 1.78. The average molecular weight is 701 g/mol. The highest BCUT2D eigenvalue weighted by Gasteiger charge is 2.22. The van der Waals surface area contributed by atoms with Gasteiger partial charge in [-0.15, -0.1) is 0 Å². The molecule has 5 aromatic rings. The molecule has 8 nitrogen and oxygen atoms in total. The van der Waals surface area contributed by atoms with E-state index >= 15 is 4.39 Å². The largest absolute Gasteiger partial charge is 0.466 e. The Balaban J connectivity index is 1.17. The van der Waals surface area contributed by atoms with Crippen molar-refractivity contribution in [3.8, 4) is 28.8 Å². The number of aromatic amines is 2. The number of carbonyl (C=O) groups excluding carboxylic acids is 1. The van der Waals surface area contributed by atoms with E-state index in [2.05, 4.69) is 29.0 Å². The van der Waals surface area contributed by atoms with E-state index < -0.39 is 17.7 Å². The van der Waals surface area contributed by atoms with E-state index in [0.717, 1.165) is 40.9 Å². The van der Waals surface area contributed by atoms with Crippen LogP contribution >= 0.6 is 11.8 Å². The molecule has 0 aliphatic rings. The number of nitrogens with one attached hydrogen (secondary N) is 2. The maximum atomic E-state index is 15.5. The topological polar surface area (TPSA) is 124 Å². The summed E-state index contributed by atoms with van der Waals surface area (Å²) < 4.78 is 41.4. The summed E-state index contributed by atoms with van der Waals surface area (Å²) in [7, 11) is 0. The Morgan fingerprint density at radius 2 is 1.96 bits per heavy atom. The molecule has 262 valence electrons. The van der Waals surface area contributed by atoms with Crippen LogP contribution in [0.25, 0.3) is 22.2 Å². The van der Waals surface area contributed by atoms with E-state index in [1.165, 1.54) is 30.5 Å². The maximum Gasteiger partial charge on any atom is 0.306 e. The van der Waals surface area contributed by atoms with Crippen LogP contribution in [-0.2, 0) is 22.4 Å². The lowest BCUT2D eigenvalue weighted by Gasteiger charge is -2.25. The summed E-state index contributed by atoms with van der Waals surface area (Å²) in [5.74, 6) is 0.570. The van der Waals surface area contributed by atoms with Gasteiger partial charge in [0, 0.05) is 46.9 Å². The summed E-state index contributed by atoms with van der Waals surface area (Å²) in [6.07, 6.45) is 6.41. The monoisotopic (exact) mass is 700 g/mol. The van der Waals surface area contributed by atoms with Crippen molar-refractivity contribution in [2.75, 3.05) is 18.1 Å². The summed E-state index contributed by atoms with van der Waals surface area (Å²) in [6.45, 7) is 6.59. The van der Waals surface area contributed by atoms with Gasteiger partial charge in [-0.2, -0.15) is 22.1 Å². The van der Waals surface area contributed by atoms with Crippen molar-refractivity contribution < 1.29 is 28.2 Å². The van der Waals surface area contributed by atoms with Crippen LogP contribution in [0, 0.1) is 28.4 Å². The van der Waals surface area contributed by atoms with Crippen LogP contribution in [0.2, 0.25) is 0 Å². The molecule has 0 spiro atoms. The number of halogens is 2. The second kappa shape index (κ2) is 16.8. The number of esters is 1. The van der Waals surface area contributed by atoms with Crippen molar-refractivity contribution in [3.63, 3.8) is 0 Å². The quantitative estimate of drug-likeness (QED) is 0.0653. The molecule has 0 fully saturated rings. The third-order valence-corrected chi connectivity index (χ3v) is 10.1. The van der Waals surface area contributed by atoms with Gasteiger partial charge in [-0.25, -0.2) is 8.78 Å². The van der Waals surface area contributed by atoms with Gasteiger partial charge < -0.3 is 19.6 Å². The minimum absolute atomic E-state index is 0.00953. The molecule has 2 heterocycles. The Hall–Kier alpha value is -4.66. The SMILES string of the molecule is CCOC(=O)CCc1cccc(C(O)CCCC(C)(C)CSCCc2c(Oc3ccc(F)c(-c4n[nH]cc4C#N)c3)c(F)cc3[nH]ccc23)c1. The van der Waals surface area contributed by atoms with Crippen molar-refractivity contribution in [2.24, 2.45) is 5.41 Å². The predicted octanol–water partition coefficient (Wildman–Crippen LogP) is 9.20. The maximum absolute atomic E-state index is 15.5. The zero-order valence-electron chi connectivity index (χ0n) is 28.5. The summed E-state index contributed by atoms with van der Waals surface area (Å²) in [4.78, 5) is 14.8. The molecule has 0 saturated carbocycles. The highest BCUT2D eigenvalue weighted by atomic mass is 32.2. The Bertz CT molecular complexity index is 1970. The van der Waals surface area contributed by atoms with Gasteiger partial charge in [-0.3, -0.25) is 9.89 Å². The first-order chi connectivity index (χ1) is 24.1. The molecule has 0 saturated heterocycles. The van der Waals surface area contributed by atoms with Crippen LogP contribution in [0.1, 0.15) is 74.8 Å². The van der Waals surface area contributed by atoms with E-state index in [1.54, 1.807) is 24.9 Å². The molecule has 50 heavy (non-hydrogen) atoms. The van der Waals surface area contributed by atoms with Crippen molar-refractivity contribution >= 4 is 28.6 Å². The smallest absolute Gasteiger partial charge is 0.306 e. The highest BCUT2D eigenvalue weighted by molar-refractivity contribution is 7.99. The number of fused-ring (bicyclic) bond motifs is 1. The van der Waals surface area contributed by atoms with E-state index in [-0.39, 0.29) is 39.7 Å². The number of ether oxygens (including phenoxy) is 2. The Kier molecular flexibility index (Phi) is 12.3. The van der Waals surface area contributed by atoms with Crippen molar-refractivity contribution in [2.45, 2.75) is 65.4 Å². The molecule has 5 rings (SSSR count). The molecule has 0 radical (unpaired) electrons. The minimum atomic E-state index is -0.582. The third-order valence-electron chi connectivity index (χ3n) is 8.62. The molecule has 0 aliphatic carbocycles. The van der Waals surface area contributed by atoms with Gasteiger partial charge in [0.05, 0.1) is 18.3 Å². The fourth-order valence-corrected chi connectivity index (χ4v) is 7.19. The molecule has 2 aromatic heterocycles. The fourth-order valence-electron chi connectivity index (χ4n) is 6.00. The lowest BCUT2D eigenvalue weighted by molar-refractivity contribution is -0.143. The average Bonchev–Trinajstić information content (AvgIpc) is 3.77. The van der Waals surface area contributed by atoms with E-state index in [4.69, 9.17) is 9.47 Å². The van der Waals surface area contributed by atoms with Gasteiger partial charge >= 0.3 is 5.97 Å². The van der Waals surface area contributed by atoms with E-state index in [9.17, 15) is 19.6 Å². The normalized spacial score (nSPS) is 12.2. The number of nitriles is 1. The van der Waals surface area contributed by atoms with Crippen molar-refractivity contribution in [1.29, 1.82) is 5.26 Å². The molecule has 3 N–H and O–H groups in total. The van der Waals surface area contributed by atoms with Crippen molar-refractivity contribution in [1.82, 2.24) is 15.2 Å². The van der Waals surface area contributed by atoms with Crippen LogP contribution in [0.4, 0.5) is 8.78 Å². The number of carbonyl (C=O) groups is 1. The molecule has 11 heteroatoms. The van der Waals surface area contributed by atoms with Gasteiger partial charge in [0.15, 0.2) is 11.6 Å². The number of H-pyrrole nitrogens is 2. The minimum Gasteiger partial charge on any atom is -0.466 e. The third kappa shape index (κ3) is 9.31. The predicted molar refractivity (Wildman–Crippen MR) is 192 cm³/mol. The molecule has 1 unspecified atom stereocenters. The number of rotatable bonds is 17. The lowest BCUT2D eigenvalue weighted by atomic mass is 9.88. The lowest BCUT2D eigenvalue weighted by Crippen LogP contribution is -2.16. The van der Waals surface area contributed by atoms with Crippen LogP contribution in [0.3, 0.4) is 0 Å². The molecule has 0 aliphatic heterocycles. The molecular formula is C39H42F2N4O4S. The van der Waals surface area contributed by atoms with Crippen LogP contribution in [-0.4, -0.2) is 44.4 Å². The Morgan fingerprint density at radius 3 is 2.76 bits per heavy atom. The number of aliphatic hydroxyl groups excluding tert-OH is 1. The van der Waals surface area contributed by atoms with E-state index in [0.29, 0.717) is 43.4 Å². The van der Waals surface area contributed by atoms with Gasteiger partial charge in [0.2, 0.25) is 0 Å². The second-order valence-electron chi connectivity index (χ2n) is 13.0. The van der Waals surface area contributed by atoms with Gasteiger partial charge in [0.25, 0.3) is 0 Å². The van der Waals surface area contributed by atoms with Crippen LogP contribution in [0.15, 0.2) is 67.0 Å². The van der Waals surface area contributed by atoms with Gasteiger partial charge in [0.1, 0.15) is 23.3 Å². The standard InChI is InChI=1S/C39H42F2N4O4S/c1-4-48-36(47)13-10-25-7-5-8-26(19-25)35(46)9-6-16-39(2,3)24-50-18-15-30-29-14-17-43-34(29)21-33(41)38(30)49-28-11-12-32(40)31(20-28)37-27(22-42)23-44-45-37/h5,7-8,11-12,14,17,19-21,23,35,43,46H,4,6,9-10,13,15-16,18,24H2,1-3H3,(H,44,45). The Morgan fingerprint density at radius 1 is 1.12 bits per heavy atom. The summed E-state index contributed by atoms with van der Waals surface area (Å²) in [6, 6.07) is 17.1. The molecule has 1 atom stereocenters. The van der Waals surface area contributed by atoms with Crippen LogP contribution in [0.5, 0.6) is 11.5 Å². The van der Waals surface area contributed by atoms with Crippen LogP contribution < -0.4 is 4.74 Å². The second-order valence-corrected chi connectivity index (χ2v) is 14.1. The highest BCUT2D eigenvalue weighted by Crippen LogP contribution is 2.38. The number of aryl methyl sites for hydroxylation is 2. The Labute approximate surface area is 295 Å². The number of hydrogen-bond acceptors (Lipinski definition) is 7. The van der Waals surface area contributed by atoms with E-state index in [1.807, 2.05) is 36.4 Å². The summed E-state index contributed by atoms with van der Waals surface area (Å²) in [5, 5.41) is 27.7. The zero-order chi connectivity index (χ0) is 35.7. The molecule has 3 aromatic carbocycles. The van der Waals surface area contributed by atoms with Gasteiger partial charge in [-0.05, 0) is 91.3 Å². The number of aliphatic hydroxyl groups is 1. The molecule has 0 bridgehead atoms. The fraction of sp³-hybridized carbons (Fsp3) is 0.359. The summed E-state index contributed by atoms with van der Waals surface area (Å²) in [5.41, 5.74) is 3.66. The number of aromatic nitrogens is 3. The number of thioether (sulfide) groups is 1. The number of hydrogen-bond donors (Lipinski definition) is 3. The number of benzene rings is 3. The molecular weight excluding hydrogens is 659 g/mol. The number of nitrogens with zero attached hydrogens (tertiary/aromatic N) is 2.